The number of rotatable bonds is 6. The SMILES string of the molecule is CCc1nc(CC)n(C[C@H](O)c2cccc([N+](=O)[O-])c2)n1. The van der Waals surface area contributed by atoms with Crippen LogP contribution in [-0.2, 0) is 19.4 Å². The lowest BCUT2D eigenvalue weighted by molar-refractivity contribution is -0.385. The van der Waals surface area contributed by atoms with Gasteiger partial charge in [-0.25, -0.2) is 9.67 Å². The zero-order valence-corrected chi connectivity index (χ0v) is 12.1. The molecule has 112 valence electrons. The van der Waals surface area contributed by atoms with Crippen molar-refractivity contribution in [3.05, 3.63) is 51.6 Å². The Morgan fingerprint density at radius 1 is 1.38 bits per heavy atom. The number of aliphatic hydroxyl groups excluding tert-OH is 1. The van der Waals surface area contributed by atoms with Gasteiger partial charge in [-0.05, 0) is 5.56 Å². The molecule has 0 unspecified atom stereocenters. The molecule has 0 fully saturated rings. The Morgan fingerprint density at radius 2 is 2.14 bits per heavy atom. The summed E-state index contributed by atoms with van der Waals surface area (Å²) in [6, 6.07) is 6.02. The minimum Gasteiger partial charge on any atom is -0.386 e. The highest BCUT2D eigenvalue weighted by Gasteiger charge is 2.16. The molecule has 2 aromatic rings. The molecule has 1 aromatic carbocycles. The van der Waals surface area contributed by atoms with E-state index in [4.69, 9.17) is 0 Å². The molecule has 0 aliphatic rings. The lowest BCUT2D eigenvalue weighted by Crippen LogP contribution is -2.13. The van der Waals surface area contributed by atoms with E-state index in [0.29, 0.717) is 12.0 Å². The average molecular weight is 290 g/mol. The minimum atomic E-state index is -0.860. The van der Waals surface area contributed by atoms with Crippen molar-refractivity contribution >= 4 is 5.69 Å². The van der Waals surface area contributed by atoms with E-state index in [1.54, 1.807) is 16.8 Å². The third-order valence-corrected chi connectivity index (χ3v) is 3.24. The molecule has 0 bridgehead atoms. The van der Waals surface area contributed by atoms with Crippen LogP contribution in [0.3, 0.4) is 0 Å². The normalized spacial score (nSPS) is 12.3. The van der Waals surface area contributed by atoms with Crippen molar-refractivity contribution in [3.63, 3.8) is 0 Å². The van der Waals surface area contributed by atoms with E-state index in [0.717, 1.165) is 18.1 Å². The van der Waals surface area contributed by atoms with E-state index in [1.165, 1.54) is 12.1 Å². The molecule has 7 heteroatoms. The molecular weight excluding hydrogens is 272 g/mol. The molecule has 2 rings (SSSR count). The van der Waals surface area contributed by atoms with Crippen LogP contribution in [0, 0.1) is 10.1 Å². The summed E-state index contributed by atoms with van der Waals surface area (Å²) >= 11 is 0. The van der Waals surface area contributed by atoms with Gasteiger partial charge in [-0.3, -0.25) is 10.1 Å². The van der Waals surface area contributed by atoms with Crippen molar-refractivity contribution in [2.75, 3.05) is 0 Å². The summed E-state index contributed by atoms with van der Waals surface area (Å²) in [5.41, 5.74) is 0.468. The molecule has 1 N–H and O–H groups in total. The van der Waals surface area contributed by atoms with E-state index in [-0.39, 0.29) is 12.2 Å². The summed E-state index contributed by atoms with van der Waals surface area (Å²) in [6.45, 7) is 4.17. The van der Waals surface area contributed by atoms with Gasteiger partial charge in [0.05, 0.1) is 17.6 Å². The number of nitro benzene ring substituents is 1. The zero-order chi connectivity index (χ0) is 15.4. The highest BCUT2D eigenvalue weighted by molar-refractivity contribution is 5.35. The maximum Gasteiger partial charge on any atom is 0.269 e. The quantitative estimate of drug-likeness (QED) is 0.649. The third kappa shape index (κ3) is 3.43. The number of hydrogen-bond donors (Lipinski definition) is 1. The van der Waals surface area contributed by atoms with Crippen LogP contribution < -0.4 is 0 Å². The van der Waals surface area contributed by atoms with Crippen molar-refractivity contribution in [2.24, 2.45) is 0 Å². The predicted molar refractivity (Wildman–Crippen MR) is 76.8 cm³/mol. The fraction of sp³-hybridized carbons (Fsp3) is 0.429. The summed E-state index contributed by atoms with van der Waals surface area (Å²) in [4.78, 5) is 14.7. The van der Waals surface area contributed by atoms with Gasteiger partial charge in [0.15, 0.2) is 5.82 Å². The zero-order valence-electron chi connectivity index (χ0n) is 12.1. The topological polar surface area (TPSA) is 94.1 Å². The molecule has 7 nitrogen and oxygen atoms in total. The second kappa shape index (κ2) is 6.45. The Morgan fingerprint density at radius 3 is 2.76 bits per heavy atom. The molecule has 0 aliphatic carbocycles. The van der Waals surface area contributed by atoms with Crippen LogP contribution in [0.25, 0.3) is 0 Å². The molecular formula is C14H18N4O3. The second-order valence-electron chi connectivity index (χ2n) is 4.70. The second-order valence-corrected chi connectivity index (χ2v) is 4.70. The summed E-state index contributed by atoms with van der Waals surface area (Å²) in [6.07, 6.45) is 0.586. The fourth-order valence-corrected chi connectivity index (χ4v) is 2.10. The molecule has 0 saturated carbocycles. The van der Waals surface area contributed by atoms with Crippen molar-refractivity contribution in [1.82, 2.24) is 14.8 Å². The third-order valence-electron chi connectivity index (χ3n) is 3.24. The van der Waals surface area contributed by atoms with Gasteiger partial charge in [0, 0.05) is 25.0 Å². The Balaban J connectivity index is 2.21. The van der Waals surface area contributed by atoms with E-state index >= 15 is 0 Å². The number of hydrogen-bond acceptors (Lipinski definition) is 5. The van der Waals surface area contributed by atoms with Crippen LogP contribution in [0.2, 0.25) is 0 Å². The molecule has 1 atom stereocenters. The van der Waals surface area contributed by atoms with Gasteiger partial charge in [-0.1, -0.05) is 26.0 Å². The average Bonchev–Trinajstić information content (AvgIpc) is 2.89. The van der Waals surface area contributed by atoms with Crippen molar-refractivity contribution < 1.29 is 10.0 Å². The number of nitrogens with zero attached hydrogens (tertiary/aromatic N) is 4. The van der Waals surface area contributed by atoms with E-state index in [1.807, 2.05) is 13.8 Å². The lowest BCUT2D eigenvalue weighted by atomic mass is 10.1. The van der Waals surface area contributed by atoms with Crippen molar-refractivity contribution in [3.8, 4) is 0 Å². The number of non-ortho nitro benzene ring substituents is 1. The summed E-state index contributed by atoms with van der Waals surface area (Å²) in [5.74, 6) is 1.54. The number of aromatic nitrogens is 3. The Kier molecular flexibility index (Phi) is 4.64. The van der Waals surface area contributed by atoms with Crippen LogP contribution >= 0.6 is 0 Å². The first-order valence-corrected chi connectivity index (χ1v) is 6.90. The number of nitro groups is 1. The first-order chi connectivity index (χ1) is 10.0. The van der Waals surface area contributed by atoms with Crippen LogP contribution in [-0.4, -0.2) is 24.8 Å². The van der Waals surface area contributed by atoms with Gasteiger partial charge < -0.3 is 5.11 Å². The Hall–Kier alpha value is -2.28. The lowest BCUT2D eigenvalue weighted by Gasteiger charge is -2.12. The molecule has 0 radical (unpaired) electrons. The van der Waals surface area contributed by atoms with Crippen LogP contribution in [0.4, 0.5) is 5.69 Å². The highest BCUT2D eigenvalue weighted by Crippen LogP contribution is 2.20. The Bertz CT molecular complexity index is 639. The van der Waals surface area contributed by atoms with E-state index in [9.17, 15) is 15.2 Å². The van der Waals surface area contributed by atoms with Gasteiger partial charge in [0.1, 0.15) is 5.82 Å². The van der Waals surface area contributed by atoms with Crippen LogP contribution in [0.5, 0.6) is 0 Å². The first kappa shape index (κ1) is 15.1. The van der Waals surface area contributed by atoms with Gasteiger partial charge in [0.2, 0.25) is 0 Å². The fourth-order valence-electron chi connectivity index (χ4n) is 2.10. The van der Waals surface area contributed by atoms with E-state index < -0.39 is 11.0 Å². The maximum absolute atomic E-state index is 10.8. The highest BCUT2D eigenvalue weighted by atomic mass is 16.6. The molecule has 0 saturated heterocycles. The summed E-state index contributed by atoms with van der Waals surface area (Å²) in [5, 5.41) is 25.4. The largest absolute Gasteiger partial charge is 0.386 e. The molecule has 0 amide bonds. The Labute approximate surface area is 122 Å². The number of aliphatic hydroxyl groups is 1. The summed E-state index contributed by atoms with van der Waals surface area (Å²) < 4.78 is 1.67. The smallest absolute Gasteiger partial charge is 0.269 e. The standard InChI is InChI=1S/C14H18N4O3/c1-3-13-15-14(4-2)17(16-13)9-12(19)10-6-5-7-11(8-10)18(20)21/h5-8,12,19H,3-4,9H2,1-2H3/t12-/m0/s1. The monoisotopic (exact) mass is 290 g/mol. The first-order valence-electron chi connectivity index (χ1n) is 6.90. The van der Waals surface area contributed by atoms with Gasteiger partial charge >= 0.3 is 0 Å². The van der Waals surface area contributed by atoms with Gasteiger partial charge in [0.25, 0.3) is 5.69 Å². The van der Waals surface area contributed by atoms with Crippen LogP contribution in [0.15, 0.2) is 24.3 Å². The van der Waals surface area contributed by atoms with Gasteiger partial charge in [-0.15, -0.1) is 0 Å². The maximum atomic E-state index is 10.8. The summed E-state index contributed by atoms with van der Waals surface area (Å²) in [7, 11) is 0. The number of benzene rings is 1. The molecule has 0 aliphatic heterocycles. The molecule has 1 heterocycles. The van der Waals surface area contributed by atoms with Crippen LogP contribution in [0.1, 0.15) is 37.2 Å². The molecule has 0 spiro atoms. The minimum absolute atomic E-state index is 0.0323. The van der Waals surface area contributed by atoms with Gasteiger partial charge in [-0.2, -0.15) is 5.10 Å². The van der Waals surface area contributed by atoms with Crippen molar-refractivity contribution in [1.29, 1.82) is 0 Å². The van der Waals surface area contributed by atoms with Crippen molar-refractivity contribution in [2.45, 2.75) is 39.3 Å². The molecule has 1 aromatic heterocycles. The molecule has 21 heavy (non-hydrogen) atoms. The number of aryl methyl sites for hydroxylation is 2. The predicted octanol–water partition coefficient (Wildman–Crippen LogP) is 2.04. The van der Waals surface area contributed by atoms with E-state index in [2.05, 4.69) is 10.1 Å².